The van der Waals surface area contributed by atoms with Gasteiger partial charge in [-0.1, -0.05) is 0 Å². The van der Waals surface area contributed by atoms with E-state index in [2.05, 4.69) is 5.10 Å². The Bertz CT molecular complexity index is 739. The number of methoxy groups -OCH3 is 1. The summed E-state index contributed by atoms with van der Waals surface area (Å²) in [6.07, 6.45) is 7.24. The van der Waals surface area contributed by atoms with E-state index in [0.717, 1.165) is 19.4 Å². The zero-order valence-corrected chi connectivity index (χ0v) is 13.8. The van der Waals surface area contributed by atoms with Crippen molar-refractivity contribution in [3.63, 3.8) is 0 Å². The molecule has 7 nitrogen and oxygen atoms in total. The molecule has 0 N–H and O–H groups in total. The molecule has 2 aromatic rings. The van der Waals surface area contributed by atoms with E-state index in [0.29, 0.717) is 25.3 Å². The van der Waals surface area contributed by atoms with Crippen LogP contribution < -0.4 is 5.56 Å². The number of ether oxygens (including phenoxy) is 1. The third-order valence-corrected chi connectivity index (χ3v) is 4.36. The number of carbonyl (C=O) groups is 1. The minimum Gasteiger partial charge on any atom is -0.383 e. The van der Waals surface area contributed by atoms with Crippen LogP contribution in [0.2, 0.25) is 0 Å². The molecule has 7 heteroatoms. The van der Waals surface area contributed by atoms with Gasteiger partial charge in [0.25, 0.3) is 11.5 Å². The Balaban J connectivity index is 1.76. The Kier molecular flexibility index (Phi) is 5.10. The molecule has 0 saturated carbocycles. The second-order valence-corrected chi connectivity index (χ2v) is 5.96. The highest BCUT2D eigenvalue weighted by atomic mass is 16.5. The number of aromatic nitrogens is 3. The van der Waals surface area contributed by atoms with Crippen LogP contribution in [0.15, 0.2) is 41.6 Å². The number of rotatable bonds is 6. The van der Waals surface area contributed by atoms with Crippen LogP contribution in [-0.2, 0) is 17.8 Å². The van der Waals surface area contributed by atoms with E-state index >= 15 is 0 Å². The van der Waals surface area contributed by atoms with Gasteiger partial charge in [0.1, 0.15) is 0 Å². The SMILES string of the molecule is COCCn1cc(C(=O)N2CCC[C@H]2Cn2cccn2)ccc1=O. The van der Waals surface area contributed by atoms with Crippen molar-refractivity contribution in [2.75, 3.05) is 20.3 Å². The molecular formula is C17H22N4O3. The molecule has 1 saturated heterocycles. The van der Waals surface area contributed by atoms with E-state index in [9.17, 15) is 9.59 Å². The summed E-state index contributed by atoms with van der Waals surface area (Å²) in [5, 5.41) is 4.23. The Morgan fingerprint density at radius 1 is 1.42 bits per heavy atom. The predicted octanol–water partition coefficient (Wildman–Crippen LogP) is 0.996. The average Bonchev–Trinajstić information content (AvgIpc) is 3.26. The number of hydrogen-bond donors (Lipinski definition) is 0. The van der Waals surface area contributed by atoms with E-state index < -0.39 is 0 Å². The fourth-order valence-electron chi connectivity index (χ4n) is 3.11. The van der Waals surface area contributed by atoms with Crippen molar-refractivity contribution >= 4 is 5.91 Å². The van der Waals surface area contributed by atoms with Crippen molar-refractivity contribution in [1.82, 2.24) is 19.2 Å². The average molecular weight is 330 g/mol. The number of carbonyl (C=O) groups excluding carboxylic acids is 1. The number of hydrogen-bond acceptors (Lipinski definition) is 4. The molecule has 128 valence electrons. The molecule has 0 aromatic carbocycles. The highest BCUT2D eigenvalue weighted by molar-refractivity contribution is 5.94. The van der Waals surface area contributed by atoms with Crippen molar-refractivity contribution in [2.24, 2.45) is 0 Å². The van der Waals surface area contributed by atoms with Gasteiger partial charge in [0.05, 0.1) is 24.8 Å². The molecule has 24 heavy (non-hydrogen) atoms. The first kappa shape index (κ1) is 16.4. The van der Waals surface area contributed by atoms with Crippen molar-refractivity contribution in [2.45, 2.75) is 32.0 Å². The Hall–Kier alpha value is -2.41. The molecule has 2 aromatic heterocycles. The zero-order chi connectivity index (χ0) is 16.9. The molecular weight excluding hydrogens is 308 g/mol. The molecule has 0 bridgehead atoms. The molecule has 1 atom stereocenters. The van der Waals surface area contributed by atoms with E-state index in [4.69, 9.17) is 4.74 Å². The lowest BCUT2D eigenvalue weighted by Crippen LogP contribution is -2.38. The van der Waals surface area contributed by atoms with E-state index in [1.54, 1.807) is 25.6 Å². The van der Waals surface area contributed by atoms with Crippen LogP contribution in [0.25, 0.3) is 0 Å². The standard InChI is InChI=1S/C17H22N4O3/c1-24-11-10-19-12-14(5-6-16(19)22)17(23)21-9-2-4-15(21)13-20-8-3-7-18-20/h3,5-8,12,15H,2,4,9-11,13H2,1H3/t15-/m0/s1. The highest BCUT2D eigenvalue weighted by Crippen LogP contribution is 2.21. The lowest BCUT2D eigenvalue weighted by Gasteiger charge is -2.25. The van der Waals surface area contributed by atoms with Crippen molar-refractivity contribution in [3.8, 4) is 0 Å². The molecule has 0 aliphatic carbocycles. The topological polar surface area (TPSA) is 69.4 Å². The molecule has 0 radical (unpaired) electrons. The van der Waals surface area contributed by atoms with E-state index in [1.807, 2.05) is 21.8 Å². The number of pyridine rings is 1. The second kappa shape index (κ2) is 7.44. The summed E-state index contributed by atoms with van der Waals surface area (Å²) in [4.78, 5) is 26.6. The summed E-state index contributed by atoms with van der Waals surface area (Å²) in [7, 11) is 1.59. The number of amides is 1. The minimum absolute atomic E-state index is 0.0316. The normalized spacial score (nSPS) is 17.4. The van der Waals surface area contributed by atoms with Crippen LogP contribution in [0.4, 0.5) is 0 Å². The van der Waals surface area contributed by atoms with Gasteiger partial charge < -0.3 is 14.2 Å². The van der Waals surface area contributed by atoms with Crippen molar-refractivity contribution < 1.29 is 9.53 Å². The predicted molar refractivity (Wildman–Crippen MR) is 88.9 cm³/mol. The lowest BCUT2D eigenvalue weighted by molar-refractivity contribution is 0.0720. The fraction of sp³-hybridized carbons (Fsp3) is 0.471. The minimum atomic E-state index is -0.127. The maximum atomic E-state index is 12.9. The van der Waals surface area contributed by atoms with Crippen LogP contribution in [0.5, 0.6) is 0 Å². The summed E-state index contributed by atoms with van der Waals surface area (Å²) < 4.78 is 8.39. The summed E-state index contributed by atoms with van der Waals surface area (Å²) >= 11 is 0. The number of nitrogens with zero attached hydrogens (tertiary/aromatic N) is 4. The molecule has 3 rings (SSSR count). The lowest BCUT2D eigenvalue weighted by atomic mass is 10.2. The van der Waals surface area contributed by atoms with Crippen LogP contribution in [0, 0.1) is 0 Å². The molecule has 3 heterocycles. The highest BCUT2D eigenvalue weighted by Gasteiger charge is 2.30. The van der Waals surface area contributed by atoms with Gasteiger partial charge in [-0.15, -0.1) is 0 Å². The summed E-state index contributed by atoms with van der Waals surface area (Å²) in [6, 6.07) is 5.07. The van der Waals surface area contributed by atoms with Crippen LogP contribution in [0.1, 0.15) is 23.2 Å². The van der Waals surface area contributed by atoms with E-state index in [-0.39, 0.29) is 17.5 Å². The molecule has 1 aliphatic rings. The largest absolute Gasteiger partial charge is 0.383 e. The molecule has 1 aliphatic heterocycles. The second-order valence-electron chi connectivity index (χ2n) is 5.96. The summed E-state index contributed by atoms with van der Waals surface area (Å²) in [5.74, 6) is -0.0316. The van der Waals surface area contributed by atoms with Crippen LogP contribution >= 0.6 is 0 Å². The fourth-order valence-corrected chi connectivity index (χ4v) is 3.11. The molecule has 1 amide bonds. The van der Waals surface area contributed by atoms with Crippen LogP contribution in [-0.4, -0.2) is 51.5 Å². The van der Waals surface area contributed by atoms with Gasteiger partial charge in [-0.05, 0) is 25.0 Å². The molecule has 1 fully saturated rings. The Morgan fingerprint density at radius 3 is 3.04 bits per heavy atom. The van der Waals surface area contributed by atoms with Crippen LogP contribution in [0.3, 0.4) is 0 Å². The van der Waals surface area contributed by atoms with Gasteiger partial charge in [0, 0.05) is 44.9 Å². The van der Waals surface area contributed by atoms with Gasteiger partial charge >= 0.3 is 0 Å². The first-order valence-corrected chi connectivity index (χ1v) is 8.17. The third-order valence-electron chi connectivity index (χ3n) is 4.36. The van der Waals surface area contributed by atoms with Gasteiger partial charge in [0.2, 0.25) is 0 Å². The van der Waals surface area contributed by atoms with Gasteiger partial charge in [-0.3, -0.25) is 14.3 Å². The van der Waals surface area contributed by atoms with Gasteiger partial charge in [0.15, 0.2) is 0 Å². The number of likely N-dealkylation sites (tertiary alicyclic amines) is 1. The summed E-state index contributed by atoms with van der Waals surface area (Å²) in [6.45, 7) is 2.31. The Labute approximate surface area is 140 Å². The monoisotopic (exact) mass is 330 g/mol. The maximum Gasteiger partial charge on any atom is 0.255 e. The van der Waals surface area contributed by atoms with Gasteiger partial charge in [-0.25, -0.2) is 0 Å². The zero-order valence-electron chi connectivity index (χ0n) is 13.8. The van der Waals surface area contributed by atoms with E-state index in [1.165, 1.54) is 10.6 Å². The quantitative estimate of drug-likeness (QED) is 0.792. The van der Waals surface area contributed by atoms with Gasteiger partial charge in [-0.2, -0.15) is 5.10 Å². The Morgan fingerprint density at radius 2 is 2.29 bits per heavy atom. The van der Waals surface area contributed by atoms with Crippen molar-refractivity contribution in [1.29, 1.82) is 0 Å². The molecule has 0 unspecified atom stereocenters. The summed E-state index contributed by atoms with van der Waals surface area (Å²) in [5.41, 5.74) is 0.413. The maximum absolute atomic E-state index is 12.9. The smallest absolute Gasteiger partial charge is 0.255 e. The van der Waals surface area contributed by atoms with Crippen molar-refractivity contribution in [3.05, 3.63) is 52.7 Å². The molecule has 0 spiro atoms. The first-order valence-electron chi connectivity index (χ1n) is 8.17. The first-order chi connectivity index (χ1) is 11.7. The third kappa shape index (κ3) is 3.56.